The highest BCUT2D eigenvalue weighted by molar-refractivity contribution is 8.00. The minimum absolute atomic E-state index is 0.224. The van der Waals surface area contributed by atoms with E-state index in [9.17, 15) is 4.79 Å². The third-order valence-corrected chi connectivity index (χ3v) is 5.24. The van der Waals surface area contributed by atoms with Crippen molar-refractivity contribution in [3.8, 4) is 0 Å². The van der Waals surface area contributed by atoms with Gasteiger partial charge in [0, 0.05) is 35.6 Å². The van der Waals surface area contributed by atoms with Gasteiger partial charge in [-0.2, -0.15) is 0 Å². The number of benzene rings is 1. The third-order valence-electron chi connectivity index (χ3n) is 4.21. The van der Waals surface area contributed by atoms with Crippen molar-refractivity contribution in [2.75, 3.05) is 12.3 Å². The SMILES string of the molecule is CC(C)[C@@H]1C=CCN1C(=O)CSc1cn(C)c2ccccc12. The lowest BCUT2D eigenvalue weighted by atomic mass is 10.0. The maximum Gasteiger partial charge on any atom is 0.233 e. The Kier molecular flexibility index (Phi) is 4.30. The first-order valence-corrected chi connectivity index (χ1v) is 8.69. The predicted molar refractivity (Wildman–Crippen MR) is 93.1 cm³/mol. The van der Waals surface area contributed by atoms with E-state index >= 15 is 0 Å². The van der Waals surface area contributed by atoms with Crippen LogP contribution in [0.15, 0.2) is 47.5 Å². The molecule has 1 aromatic heterocycles. The van der Waals surface area contributed by atoms with E-state index in [1.165, 1.54) is 15.8 Å². The van der Waals surface area contributed by atoms with E-state index in [4.69, 9.17) is 0 Å². The van der Waals surface area contributed by atoms with Crippen molar-refractivity contribution in [2.45, 2.75) is 24.8 Å². The summed E-state index contributed by atoms with van der Waals surface area (Å²) in [4.78, 5) is 15.7. The first-order valence-electron chi connectivity index (χ1n) is 7.71. The maximum atomic E-state index is 12.5. The van der Waals surface area contributed by atoms with Crippen molar-refractivity contribution >= 4 is 28.6 Å². The van der Waals surface area contributed by atoms with E-state index in [-0.39, 0.29) is 11.9 Å². The first kappa shape index (κ1) is 15.2. The summed E-state index contributed by atoms with van der Waals surface area (Å²) in [6.07, 6.45) is 6.38. The zero-order chi connectivity index (χ0) is 15.7. The summed E-state index contributed by atoms with van der Waals surface area (Å²) in [5.41, 5.74) is 1.21. The molecule has 0 spiro atoms. The Morgan fingerprint density at radius 1 is 1.36 bits per heavy atom. The number of hydrogen-bond donors (Lipinski definition) is 0. The van der Waals surface area contributed by atoms with Crippen molar-refractivity contribution in [1.29, 1.82) is 0 Å². The summed E-state index contributed by atoms with van der Waals surface area (Å²) in [6, 6.07) is 8.58. The standard InChI is InChI=1S/C18H22N2OS/c1-13(2)15-9-6-10-20(15)18(21)12-22-17-11-19(3)16-8-5-4-7-14(16)17/h4-9,11,13,15H,10,12H2,1-3H3/t15-/m0/s1. The van der Waals surface area contributed by atoms with Gasteiger partial charge in [-0.25, -0.2) is 0 Å². The summed E-state index contributed by atoms with van der Waals surface area (Å²) in [7, 11) is 2.05. The molecule has 0 fully saturated rings. The predicted octanol–water partition coefficient (Wildman–Crippen LogP) is 3.69. The lowest BCUT2D eigenvalue weighted by molar-refractivity contribution is -0.129. The second-order valence-corrected chi connectivity index (χ2v) is 7.14. The van der Waals surface area contributed by atoms with Gasteiger partial charge in [-0.05, 0) is 12.0 Å². The smallest absolute Gasteiger partial charge is 0.233 e. The molecule has 2 heterocycles. The van der Waals surface area contributed by atoms with Crippen LogP contribution in [-0.2, 0) is 11.8 Å². The fourth-order valence-corrected chi connectivity index (χ4v) is 4.04. The van der Waals surface area contributed by atoms with Crippen LogP contribution in [0.5, 0.6) is 0 Å². The van der Waals surface area contributed by atoms with Crippen molar-refractivity contribution in [3.05, 3.63) is 42.6 Å². The number of rotatable bonds is 4. The zero-order valence-corrected chi connectivity index (χ0v) is 14.1. The number of carbonyl (C=O) groups excluding carboxylic acids is 1. The van der Waals surface area contributed by atoms with Crippen LogP contribution in [0.25, 0.3) is 10.9 Å². The number of thioether (sulfide) groups is 1. The zero-order valence-electron chi connectivity index (χ0n) is 13.3. The lowest BCUT2D eigenvalue weighted by Gasteiger charge is -2.27. The maximum absolute atomic E-state index is 12.5. The van der Waals surface area contributed by atoms with Gasteiger partial charge < -0.3 is 9.47 Å². The number of amides is 1. The van der Waals surface area contributed by atoms with Crippen molar-refractivity contribution in [1.82, 2.24) is 9.47 Å². The van der Waals surface area contributed by atoms with Crippen molar-refractivity contribution in [3.63, 3.8) is 0 Å². The van der Waals surface area contributed by atoms with E-state index in [2.05, 4.69) is 48.9 Å². The number of hydrogen-bond acceptors (Lipinski definition) is 2. The quantitative estimate of drug-likeness (QED) is 0.635. The van der Waals surface area contributed by atoms with Crippen LogP contribution in [0.4, 0.5) is 0 Å². The fraction of sp³-hybridized carbons (Fsp3) is 0.389. The van der Waals surface area contributed by atoms with Crippen LogP contribution in [0.2, 0.25) is 0 Å². The van der Waals surface area contributed by atoms with E-state index in [1.807, 2.05) is 24.1 Å². The molecule has 0 bridgehead atoms. The fourth-order valence-electron chi connectivity index (χ4n) is 3.03. The Labute approximate surface area is 136 Å². The second-order valence-electron chi connectivity index (χ2n) is 6.12. The van der Waals surface area contributed by atoms with Crippen molar-refractivity contribution in [2.24, 2.45) is 13.0 Å². The Balaban J connectivity index is 1.70. The van der Waals surface area contributed by atoms with Crippen LogP contribution in [0.3, 0.4) is 0 Å². The molecule has 2 aromatic rings. The van der Waals surface area contributed by atoms with E-state index in [0.717, 1.165) is 6.54 Å². The second kappa shape index (κ2) is 6.21. The van der Waals surface area contributed by atoms with Gasteiger partial charge >= 0.3 is 0 Å². The molecule has 0 saturated heterocycles. The molecular weight excluding hydrogens is 292 g/mol. The number of carbonyl (C=O) groups is 1. The highest BCUT2D eigenvalue weighted by Gasteiger charge is 2.26. The summed E-state index contributed by atoms with van der Waals surface area (Å²) in [6.45, 7) is 5.08. The van der Waals surface area contributed by atoms with Gasteiger partial charge in [-0.3, -0.25) is 4.79 Å². The number of aryl methyl sites for hydroxylation is 1. The molecule has 1 aromatic carbocycles. The highest BCUT2D eigenvalue weighted by Crippen LogP contribution is 2.30. The van der Waals surface area contributed by atoms with Gasteiger partial charge in [-0.15, -0.1) is 11.8 Å². The molecule has 1 amide bonds. The molecule has 0 saturated carbocycles. The molecular formula is C18H22N2OS. The molecule has 4 heteroatoms. The monoisotopic (exact) mass is 314 g/mol. The van der Waals surface area contributed by atoms with Gasteiger partial charge in [0.2, 0.25) is 5.91 Å². The Bertz CT molecular complexity index is 717. The number of fused-ring (bicyclic) bond motifs is 1. The number of aromatic nitrogens is 1. The van der Waals surface area contributed by atoms with Crippen LogP contribution in [0.1, 0.15) is 13.8 Å². The minimum Gasteiger partial charge on any atom is -0.349 e. The number of para-hydroxylation sites is 1. The van der Waals surface area contributed by atoms with Crippen LogP contribution < -0.4 is 0 Å². The highest BCUT2D eigenvalue weighted by atomic mass is 32.2. The van der Waals surface area contributed by atoms with E-state index in [1.54, 1.807) is 11.8 Å². The van der Waals surface area contributed by atoms with E-state index in [0.29, 0.717) is 11.7 Å². The molecule has 3 nitrogen and oxygen atoms in total. The van der Waals surface area contributed by atoms with Crippen LogP contribution in [0, 0.1) is 5.92 Å². The van der Waals surface area contributed by atoms with Crippen LogP contribution >= 0.6 is 11.8 Å². The van der Waals surface area contributed by atoms with Gasteiger partial charge in [0.25, 0.3) is 0 Å². The third kappa shape index (κ3) is 2.80. The molecule has 1 atom stereocenters. The Morgan fingerprint density at radius 2 is 2.14 bits per heavy atom. The Morgan fingerprint density at radius 3 is 2.91 bits per heavy atom. The summed E-state index contributed by atoms with van der Waals surface area (Å²) in [5.74, 6) is 1.19. The summed E-state index contributed by atoms with van der Waals surface area (Å²) >= 11 is 1.64. The lowest BCUT2D eigenvalue weighted by Crippen LogP contribution is -2.40. The molecule has 22 heavy (non-hydrogen) atoms. The topological polar surface area (TPSA) is 25.2 Å². The molecule has 0 aliphatic carbocycles. The molecule has 1 aliphatic rings. The van der Waals surface area contributed by atoms with Gasteiger partial charge in [0.05, 0.1) is 11.8 Å². The normalized spacial score (nSPS) is 17.8. The van der Waals surface area contributed by atoms with Gasteiger partial charge in [-0.1, -0.05) is 44.2 Å². The minimum atomic E-state index is 0.224. The average molecular weight is 314 g/mol. The van der Waals surface area contributed by atoms with Gasteiger partial charge in [0.1, 0.15) is 0 Å². The largest absolute Gasteiger partial charge is 0.349 e. The molecule has 0 radical (unpaired) electrons. The Hall–Kier alpha value is -1.68. The average Bonchev–Trinajstić information content (AvgIpc) is 3.11. The molecule has 3 rings (SSSR count). The molecule has 0 N–H and O–H groups in total. The number of nitrogens with zero attached hydrogens (tertiary/aromatic N) is 2. The molecule has 1 aliphatic heterocycles. The van der Waals surface area contributed by atoms with Gasteiger partial charge in [0.15, 0.2) is 0 Å². The molecule has 116 valence electrons. The van der Waals surface area contributed by atoms with Crippen LogP contribution in [-0.4, -0.2) is 33.7 Å². The van der Waals surface area contributed by atoms with Crippen molar-refractivity contribution < 1.29 is 4.79 Å². The van der Waals surface area contributed by atoms with E-state index < -0.39 is 0 Å². The summed E-state index contributed by atoms with van der Waals surface area (Å²) < 4.78 is 2.12. The first-order chi connectivity index (χ1) is 10.6. The summed E-state index contributed by atoms with van der Waals surface area (Å²) in [5, 5.41) is 1.22. The molecule has 0 unspecified atom stereocenters.